The molecule has 0 saturated heterocycles. The van der Waals surface area contributed by atoms with Gasteiger partial charge in [-0.15, -0.1) is 0 Å². The number of hydrogen-bond donors (Lipinski definition) is 0. The molecule has 0 aliphatic rings. The number of nitrogens with zero attached hydrogens (tertiary/aromatic N) is 3. The minimum atomic E-state index is -0.298. The van der Waals surface area contributed by atoms with Crippen molar-refractivity contribution in [3.05, 3.63) is 40.3 Å². The minimum Gasteiger partial charge on any atom is -0.426 e. The van der Waals surface area contributed by atoms with E-state index in [0.717, 1.165) is 0 Å². The van der Waals surface area contributed by atoms with Crippen molar-refractivity contribution in [3.8, 4) is 5.75 Å². The molecule has 0 aromatic heterocycles. The fourth-order valence-electron chi connectivity index (χ4n) is 1.07. The van der Waals surface area contributed by atoms with Crippen LogP contribution in [0, 0.1) is 5.92 Å². The Morgan fingerprint density at radius 2 is 2.19 bits per heavy atom. The smallest absolute Gasteiger partial charge is 0.313 e. The number of hydrogen-bond acceptors (Lipinski definition) is 3. The first-order valence-corrected chi connectivity index (χ1v) is 4.95. The average Bonchev–Trinajstić information content (AvgIpc) is 2.27. The maximum atomic E-state index is 11.4. The van der Waals surface area contributed by atoms with E-state index in [-0.39, 0.29) is 18.4 Å². The molecule has 1 aromatic carbocycles. The maximum absolute atomic E-state index is 11.4. The lowest BCUT2D eigenvalue weighted by molar-refractivity contribution is -0.137. The van der Waals surface area contributed by atoms with Crippen LogP contribution in [0.2, 0.25) is 0 Å². The maximum Gasteiger partial charge on any atom is 0.313 e. The van der Waals surface area contributed by atoms with E-state index in [1.165, 1.54) is 0 Å². The molecule has 0 amide bonds. The van der Waals surface area contributed by atoms with Gasteiger partial charge >= 0.3 is 5.97 Å². The fourth-order valence-corrected chi connectivity index (χ4v) is 1.07. The molecule has 5 nitrogen and oxygen atoms in total. The lowest BCUT2D eigenvalue weighted by Gasteiger charge is -2.09. The molecule has 16 heavy (non-hydrogen) atoms. The molecule has 0 aliphatic carbocycles. The molecular weight excluding hydrogens is 206 g/mol. The van der Waals surface area contributed by atoms with Gasteiger partial charge < -0.3 is 4.74 Å². The summed E-state index contributed by atoms with van der Waals surface area (Å²) in [5.74, 6) is -0.0329. The second-order valence-corrected chi connectivity index (χ2v) is 3.57. The minimum absolute atomic E-state index is 0.179. The molecule has 0 aliphatic heterocycles. The monoisotopic (exact) mass is 219 g/mol. The summed E-state index contributed by atoms with van der Waals surface area (Å²) >= 11 is 0. The van der Waals surface area contributed by atoms with Crippen molar-refractivity contribution in [2.24, 2.45) is 11.0 Å². The van der Waals surface area contributed by atoms with Crippen LogP contribution in [-0.4, -0.2) is 5.97 Å². The fraction of sp³-hybridized carbons (Fsp3) is 0.364. The summed E-state index contributed by atoms with van der Waals surface area (Å²) in [5.41, 5.74) is 8.94. The first-order chi connectivity index (χ1) is 7.65. The third kappa shape index (κ3) is 3.29. The van der Waals surface area contributed by atoms with Gasteiger partial charge in [0.15, 0.2) is 0 Å². The van der Waals surface area contributed by atoms with Gasteiger partial charge in [0, 0.05) is 10.5 Å². The van der Waals surface area contributed by atoms with Crippen molar-refractivity contribution in [2.45, 2.75) is 20.4 Å². The van der Waals surface area contributed by atoms with Crippen molar-refractivity contribution in [2.75, 3.05) is 0 Å². The zero-order valence-electron chi connectivity index (χ0n) is 9.25. The highest BCUT2D eigenvalue weighted by Crippen LogP contribution is 2.20. The van der Waals surface area contributed by atoms with Crippen LogP contribution in [0.15, 0.2) is 29.4 Å². The summed E-state index contributed by atoms with van der Waals surface area (Å²) in [6, 6.07) is 7.01. The number of para-hydroxylation sites is 1. The first-order valence-electron chi connectivity index (χ1n) is 4.95. The molecule has 0 N–H and O–H groups in total. The highest BCUT2D eigenvalue weighted by atomic mass is 16.5. The van der Waals surface area contributed by atoms with Crippen LogP contribution in [0.1, 0.15) is 19.4 Å². The van der Waals surface area contributed by atoms with Crippen LogP contribution < -0.4 is 4.74 Å². The van der Waals surface area contributed by atoms with Crippen molar-refractivity contribution < 1.29 is 9.53 Å². The second-order valence-electron chi connectivity index (χ2n) is 3.57. The molecule has 0 atom stereocenters. The van der Waals surface area contributed by atoms with E-state index in [1.54, 1.807) is 38.1 Å². The molecule has 0 unspecified atom stereocenters. The topological polar surface area (TPSA) is 75.1 Å². The van der Waals surface area contributed by atoms with Gasteiger partial charge in [-0.1, -0.05) is 37.2 Å². The van der Waals surface area contributed by atoms with Crippen LogP contribution in [0.25, 0.3) is 10.4 Å². The van der Waals surface area contributed by atoms with Gasteiger partial charge in [-0.25, -0.2) is 0 Å². The number of ether oxygens (including phenoxy) is 1. The van der Waals surface area contributed by atoms with Crippen LogP contribution in [0.3, 0.4) is 0 Å². The number of carbonyl (C=O) groups is 1. The van der Waals surface area contributed by atoms with Gasteiger partial charge in [0.25, 0.3) is 0 Å². The van der Waals surface area contributed by atoms with Crippen LogP contribution >= 0.6 is 0 Å². The number of benzene rings is 1. The molecular formula is C11H13N3O2. The van der Waals surface area contributed by atoms with E-state index in [0.29, 0.717) is 11.3 Å². The molecule has 0 radical (unpaired) electrons. The van der Waals surface area contributed by atoms with Gasteiger partial charge in [-0.05, 0) is 11.6 Å². The first kappa shape index (κ1) is 12.1. The molecule has 0 fully saturated rings. The van der Waals surface area contributed by atoms with Gasteiger partial charge in [-0.2, -0.15) is 0 Å². The van der Waals surface area contributed by atoms with E-state index in [2.05, 4.69) is 10.0 Å². The number of rotatable bonds is 4. The van der Waals surface area contributed by atoms with Crippen molar-refractivity contribution in [1.82, 2.24) is 0 Å². The largest absolute Gasteiger partial charge is 0.426 e. The summed E-state index contributed by atoms with van der Waals surface area (Å²) in [4.78, 5) is 14.1. The summed E-state index contributed by atoms with van der Waals surface area (Å²) < 4.78 is 5.18. The Bertz CT molecular complexity index is 423. The standard InChI is InChI=1S/C11H13N3O2/c1-8(2)11(15)16-10-6-4-3-5-9(10)7-13-14-12/h3-6,8H,7H2,1-2H3. The molecule has 5 heteroatoms. The Hall–Kier alpha value is -2.00. The van der Waals surface area contributed by atoms with E-state index in [1.807, 2.05) is 0 Å². The predicted octanol–water partition coefficient (Wildman–Crippen LogP) is 3.06. The van der Waals surface area contributed by atoms with Gasteiger partial charge in [-0.3, -0.25) is 4.79 Å². The molecule has 0 spiro atoms. The van der Waals surface area contributed by atoms with E-state index in [9.17, 15) is 4.79 Å². The normalized spacial score (nSPS) is 9.69. The third-order valence-corrected chi connectivity index (χ3v) is 1.96. The Morgan fingerprint density at radius 3 is 2.81 bits per heavy atom. The Balaban J connectivity index is 2.86. The summed E-state index contributed by atoms with van der Waals surface area (Å²) in [7, 11) is 0. The molecule has 84 valence electrons. The third-order valence-electron chi connectivity index (χ3n) is 1.96. The van der Waals surface area contributed by atoms with E-state index < -0.39 is 0 Å². The molecule has 1 rings (SSSR count). The van der Waals surface area contributed by atoms with Crippen LogP contribution in [0.5, 0.6) is 5.75 Å². The number of carbonyl (C=O) groups excluding carboxylic acids is 1. The quantitative estimate of drug-likeness (QED) is 0.256. The van der Waals surface area contributed by atoms with Crippen LogP contribution in [-0.2, 0) is 11.3 Å². The molecule has 0 bridgehead atoms. The van der Waals surface area contributed by atoms with E-state index in [4.69, 9.17) is 10.3 Å². The van der Waals surface area contributed by atoms with Crippen molar-refractivity contribution in [3.63, 3.8) is 0 Å². The zero-order valence-corrected chi connectivity index (χ0v) is 9.25. The lowest BCUT2D eigenvalue weighted by Crippen LogP contribution is -2.15. The summed E-state index contributed by atoms with van der Waals surface area (Å²) in [6.07, 6.45) is 0. The number of esters is 1. The Labute approximate surface area is 93.7 Å². The Morgan fingerprint density at radius 1 is 1.50 bits per heavy atom. The highest BCUT2D eigenvalue weighted by molar-refractivity contribution is 5.74. The van der Waals surface area contributed by atoms with Gasteiger partial charge in [0.1, 0.15) is 5.75 Å². The van der Waals surface area contributed by atoms with Crippen molar-refractivity contribution in [1.29, 1.82) is 0 Å². The van der Waals surface area contributed by atoms with Crippen LogP contribution in [0.4, 0.5) is 0 Å². The number of azide groups is 1. The SMILES string of the molecule is CC(C)C(=O)Oc1ccccc1CN=[N+]=[N-]. The molecule has 1 aromatic rings. The lowest BCUT2D eigenvalue weighted by atomic mass is 10.2. The average molecular weight is 219 g/mol. The van der Waals surface area contributed by atoms with Crippen molar-refractivity contribution >= 4 is 5.97 Å². The zero-order chi connectivity index (χ0) is 12.0. The van der Waals surface area contributed by atoms with E-state index >= 15 is 0 Å². The second kappa shape index (κ2) is 5.78. The summed E-state index contributed by atoms with van der Waals surface area (Å²) in [6.45, 7) is 3.70. The highest BCUT2D eigenvalue weighted by Gasteiger charge is 2.11. The van der Waals surface area contributed by atoms with Gasteiger partial charge in [0.05, 0.1) is 12.5 Å². The Kier molecular flexibility index (Phi) is 4.36. The molecule has 0 heterocycles. The van der Waals surface area contributed by atoms with Gasteiger partial charge in [0.2, 0.25) is 0 Å². The predicted molar refractivity (Wildman–Crippen MR) is 59.8 cm³/mol. The summed E-state index contributed by atoms with van der Waals surface area (Å²) in [5, 5.41) is 3.44. The molecule has 0 saturated carbocycles.